The molecule has 0 radical (unpaired) electrons. The van der Waals surface area contributed by atoms with Crippen molar-refractivity contribution in [3.63, 3.8) is 0 Å². The molecule has 9 nitrogen and oxygen atoms in total. The SMILES string of the molecule is O=C(COc1ccccc1F)NNC(=O)C1CCN(c2ccccc2[N+](=O)[O-])CC1. The van der Waals surface area contributed by atoms with Crippen LogP contribution in [0.1, 0.15) is 12.8 Å². The Hall–Kier alpha value is -3.69. The Morgan fingerprint density at radius 2 is 1.77 bits per heavy atom. The molecule has 0 spiro atoms. The van der Waals surface area contributed by atoms with Gasteiger partial charge < -0.3 is 9.64 Å². The molecule has 0 aliphatic carbocycles. The molecule has 0 bridgehead atoms. The zero-order chi connectivity index (χ0) is 21.5. The van der Waals surface area contributed by atoms with Crippen molar-refractivity contribution in [2.24, 2.45) is 5.92 Å². The predicted octanol–water partition coefficient (Wildman–Crippen LogP) is 2.18. The average Bonchev–Trinajstić information content (AvgIpc) is 2.77. The molecule has 3 rings (SSSR count). The van der Waals surface area contributed by atoms with Crippen LogP contribution < -0.4 is 20.5 Å². The average molecular weight is 416 g/mol. The van der Waals surface area contributed by atoms with E-state index in [0.29, 0.717) is 31.6 Å². The van der Waals surface area contributed by atoms with E-state index in [1.807, 2.05) is 4.90 Å². The first kappa shape index (κ1) is 21.0. The molecule has 1 fully saturated rings. The minimum atomic E-state index is -0.621. The highest BCUT2D eigenvalue weighted by atomic mass is 19.1. The van der Waals surface area contributed by atoms with E-state index in [-0.39, 0.29) is 23.3 Å². The van der Waals surface area contributed by atoms with Gasteiger partial charge in [-0.1, -0.05) is 24.3 Å². The van der Waals surface area contributed by atoms with Crippen LogP contribution in [0.5, 0.6) is 5.75 Å². The monoisotopic (exact) mass is 416 g/mol. The molecule has 10 heteroatoms. The number of benzene rings is 2. The maximum absolute atomic E-state index is 13.5. The van der Waals surface area contributed by atoms with Gasteiger partial charge in [-0.2, -0.15) is 0 Å². The lowest BCUT2D eigenvalue weighted by molar-refractivity contribution is -0.384. The van der Waals surface area contributed by atoms with Crippen LogP contribution in [-0.2, 0) is 9.59 Å². The Bertz CT molecular complexity index is 931. The molecule has 1 aliphatic heterocycles. The third-order valence-corrected chi connectivity index (χ3v) is 4.81. The molecule has 158 valence electrons. The first-order valence-corrected chi connectivity index (χ1v) is 9.40. The lowest BCUT2D eigenvalue weighted by atomic mass is 9.95. The van der Waals surface area contributed by atoms with Gasteiger partial charge in [0.05, 0.1) is 4.92 Å². The van der Waals surface area contributed by atoms with E-state index >= 15 is 0 Å². The lowest BCUT2D eigenvalue weighted by Gasteiger charge is -2.32. The lowest BCUT2D eigenvalue weighted by Crippen LogP contribution is -2.48. The topological polar surface area (TPSA) is 114 Å². The van der Waals surface area contributed by atoms with E-state index in [9.17, 15) is 24.1 Å². The molecule has 2 N–H and O–H groups in total. The first-order valence-electron chi connectivity index (χ1n) is 9.40. The standard InChI is InChI=1S/C20H21FN4O5/c21-15-5-1-4-8-18(15)30-13-19(26)22-23-20(27)14-9-11-24(12-10-14)16-6-2-3-7-17(16)25(28)29/h1-8,14H,9-13H2,(H,22,26)(H,23,27). The molecule has 2 amide bonds. The summed E-state index contributed by atoms with van der Waals surface area (Å²) in [5, 5.41) is 11.2. The number of carbonyl (C=O) groups is 2. The quantitative estimate of drug-likeness (QED) is 0.551. The molecule has 0 atom stereocenters. The number of hydrazine groups is 1. The summed E-state index contributed by atoms with van der Waals surface area (Å²) in [7, 11) is 0. The van der Waals surface area contributed by atoms with Crippen LogP contribution in [-0.4, -0.2) is 36.4 Å². The van der Waals surface area contributed by atoms with Crippen molar-refractivity contribution < 1.29 is 23.6 Å². The molecule has 2 aromatic carbocycles. The van der Waals surface area contributed by atoms with Gasteiger partial charge in [0.15, 0.2) is 18.2 Å². The second-order valence-corrected chi connectivity index (χ2v) is 6.76. The Labute approximate surface area is 171 Å². The number of nitro benzene ring substituents is 1. The van der Waals surface area contributed by atoms with Gasteiger partial charge >= 0.3 is 0 Å². The molecule has 2 aromatic rings. The molecule has 0 saturated carbocycles. The van der Waals surface area contributed by atoms with Crippen LogP contribution in [0, 0.1) is 21.8 Å². The van der Waals surface area contributed by atoms with Crippen LogP contribution in [0.15, 0.2) is 48.5 Å². The summed E-state index contributed by atoms with van der Waals surface area (Å²) in [6.07, 6.45) is 0.971. The zero-order valence-corrected chi connectivity index (χ0v) is 16.0. The fourth-order valence-electron chi connectivity index (χ4n) is 3.24. The third-order valence-electron chi connectivity index (χ3n) is 4.81. The Morgan fingerprint density at radius 3 is 2.47 bits per heavy atom. The van der Waals surface area contributed by atoms with Gasteiger partial charge in [0, 0.05) is 25.1 Å². The van der Waals surface area contributed by atoms with Crippen molar-refractivity contribution >= 4 is 23.2 Å². The fourth-order valence-corrected chi connectivity index (χ4v) is 3.24. The van der Waals surface area contributed by atoms with Gasteiger partial charge in [0.25, 0.3) is 11.6 Å². The molecule has 0 aromatic heterocycles. The molecule has 1 heterocycles. The highest BCUT2D eigenvalue weighted by Gasteiger charge is 2.28. The number of hydrogen-bond acceptors (Lipinski definition) is 6. The number of nitrogens with one attached hydrogen (secondary N) is 2. The summed E-state index contributed by atoms with van der Waals surface area (Å²) in [6, 6.07) is 12.2. The Morgan fingerprint density at radius 1 is 1.10 bits per heavy atom. The molecule has 30 heavy (non-hydrogen) atoms. The molecule has 1 saturated heterocycles. The number of hydrogen-bond donors (Lipinski definition) is 2. The first-order chi connectivity index (χ1) is 14.5. The van der Waals surface area contributed by atoms with Gasteiger partial charge in [-0.3, -0.25) is 30.6 Å². The van der Waals surface area contributed by atoms with Gasteiger partial charge in [-0.15, -0.1) is 0 Å². The summed E-state index contributed by atoms with van der Waals surface area (Å²) in [6.45, 7) is 0.512. The van der Waals surface area contributed by atoms with Crippen molar-refractivity contribution in [1.82, 2.24) is 10.9 Å². The number of ether oxygens (including phenoxy) is 1. The minimum Gasteiger partial charge on any atom is -0.481 e. The normalized spacial score (nSPS) is 14.1. The number of rotatable bonds is 6. The van der Waals surface area contributed by atoms with Crippen LogP contribution in [0.2, 0.25) is 0 Å². The maximum Gasteiger partial charge on any atom is 0.292 e. The summed E-state index contributed by atoms with van der Waals surface area (Å²) in [4.78, 5) is 36.7. The molecule has 1 aliphatic rings. The third kappa shape index (κ3) is 5.22. The molecular weight excluding hydrogens is 395 g/mol. The Kier molecular flexibility index (Phi) is 6.79. The Balaban J connectivity index is 1.44. The smallest absolute Gasteiger partial charge is 0.292 e. The summed E-state index contributed by atoms with van der Waals surface area (Å²) >= 11 is 0. The minimum absolute atomic E-state index is 0.0301. The number of anilines is 1. The van der Waals surface area contributed by atoms with Crippen LogP contribution >= 0.6 is 0 Å². The predicted molar refractivity (Wildman–Crippen MR) is 106 cm³/mol. The highest BCUT2D eigenvalue weighted by Crippen LogP contribution is 2.31. The summed E-state index contributed by atoms with van der Waals surface area (Å²) in [5.74, 6) is -1.95. The number of piperidine rings is 1. The van der Waals surface area contributed by atoms with Gasteiger partial charge in [-0.05, 0) is 31.0 Å². The van der Waals surface area contributed by atoms with E-state index in [1.165, 1.54) is 24.3 Å². The van der Waals surface area contributed by atoms with Gasteiger partial charge in [0.2, 0.25) is 5.91 Å². The van der Waals surface area contributed by atoms with Crippen LogP contribution in [0.4, 0.5) is 15.8 Å². The molecular formula is C20H21FN4O5. The van der Waals surface area contributed by atoms with Crippen LogP contribution in [0.25, 0.3) is 0 Å². The zero-order valence-electron chi connectivity index (χ0n) is 16.0. The number of para-hydroxylation sites is 3. The van der Waals surface area contributed by atoms with Crippen molar-refractivity contribution in [2.75, 3.05) is 24.6 Å². The summed E-state index contributed by atoms with van der Waals surface area (Å²) in [5.41, 5.74) is 5.15. The second-order valence-electron chi connectivity index (χ2n) is 6.76. The van der Waals surface area contributed by atoms with E-state index in [4.69, 9.17) is 4.74 Å². The number of carbonyl (C=O) groups excluding carboxylic acids is 2. The molecule has 0 unspecified atom stereocenters. The van der Waals surface area contributed by atoms with Gasteiger partial charge in [0.1, 0.15) is 5.69 Å². The number of nitrogens with zero attached hydrogens (tertiary/aromatic N) is 2. The fraction of sp³-hybridized carbons (Fsp3) is 0.300. The van der Waals surface area contributed by atoms with Crippen molar-refractivity contribution in [3.05, 3.63) is 64.5 Å². The number of nitro groups is 1. The van der Waals surface area contributed by atoms with E-state index in [0.717, 1.165) is 0 Å². The highest BCUT2D eigenvalue weighted by molar-refractivity contribution is 5.84. The van der Waals surface area contributed by atoms with Gasteiger partial charge in [-0.25, -0.2) is 4.39 Å². The van der Waals surface area contributed by atoms with Crippen molar-refractivity contribution in [2.45, 2.75) is 12.8 Å². The van der Waals surface area contributed by atoms with E-state index in [2.05, 4.69) is 10.9 Å². The maximum atomic E-state index is 13.5. The van der Waals surface area contributed by atoms with Crippen molar-refractivity contribution in [3.8, 4) is 5.75 Å². The second kappa shape index (κ2) is 9.68. The van der Waals surface area contributed by atoms with E-state index in [1.54, 1.807) is 24.3 Å². The van der Waals surface area contributed by atoms with Crippen molar-refractivity contribution in [1.29, 1.82) is 0 Å². The number of halogens is 1. The number of amides is 2. The van der Waals surface area contributed by atoms with Crippen LogP contribution in [0.3, 0.4) is 0 Å². The largest absolute Gasteiger partial charge is 0.481 e. The summed E-state index contributed by atoms with van der Waals surface area (Å²) < 4.78 is 18.5. The van der Waals surface area contributed by atoms with E-state index < -0.39 is 23.3 Å².